The molecule has 0 aliphatic heterocycles. The molecule has 6 nitrogen and oxygen atoms in total. The summed E-state index contributed by atoms with van der Waals surface area (Å²) >= 11 is 0. The molecule has 0 fully saturated rings. The molecule has 4 aromatic carbocycles. The molecule has 0 unspecified atom stereocenters. The minimum absolute atomic E-state index is 0. The summed E-state index contributed by atoms with van der Waals surface area (Å²) in [5.74, 6) is 0.383. The van der Waals surface area contributed by atoms with Crippen LogP contribution >= 0.6 is 0 Å². The molecule has 0 atom stereocenters. The smallest absolute Gasteiger partial charge is 0.870 e. The van der Waals surface area contributed by atoms with Gasteiger partial charge in [0.15, 0.2) is 0 Å². The third-order valence-corrected chi connectivity index (χ3v) is 4.68. The maximum absolute atomic E-state index is 11.8. The van der Waals surface area contributed by atoms with E-state index in [1.807, 2.05) is 60.7 Å². The number of hydrogen-bond donors (Lipinski definition) is 0. The van der Waals surface area contributed by atoms with Crippen LogP contribution in [-0.2, 0) is 16.8 Å². The number of benzene rings is 4. The maximum Gasteiger partial charge on any atom is 2.00 e. The topological polar surface area (TPSA) is 89.3 Å². The Morgan fingerprint density at radius 1 is 0.543 bits per heavy atom. The van der Waals surface area contributed by atoms with E-state index in [0.717, 1.165) is 11.4 Å². The summed E-state index contributed by atoms with van der Waals surface area (Å²) in [6, 6.07) is 29.2. The SMILES string of the molecule is COc1cccc(C=Nc2ccccc2)c1[O-].COc1cccc(C=Nc2ccccc2)c1[O-].[Co+2]. The number of para-hydroxylation sites is 4. The summed E-state index contributed by atoms with van der Waals surface area (Å²) in [5, 5.41) is 23.6. The van der Waals surface area contributed by atoms with Crippen molar-refractivity contribution in [3.05, 3.63) is 108 Å². The number of ether oxygens (including phenoxy) is 2. The van der Waals surface area contributed by atoms with E-state index in [9.17, 15) is 10.2 Å². The first-order chi connectivity index (χ1) is 16.6. The van der Waals surface area contributed by atoms with Gasteiger partial charge < -0.3 is 19.7 Å². The van der Waals surface area contributed by atoms with Crippen molar-refractivity contribution in [3.63, 3.8) is 0 Å². The molecule has 4 rings (SSSR count). The van der Waals surface area contributed by atoms with Gasteiger partial charge in [-0.25, -0.2) is 0 Å². The molecule has 1 radical (unpaired) electrons. The van der Waals surface area contributed by atoms with Crippen LogP contribution in [0.5, 0.6) is 23.0 Å². The van der Waals surface area contributed by atoms with Gasteiger partial charge in [0.1, 0.15) is 11.5 Å². The van der Waals surface area contributed by atoms with Crippen molar-refractivity contribution in [2.45, 2.75) is 0 Å². The molecule has 0 spiro atoms. The molecular formula is C28H24CoN2O4. The van der Waals surface area contributed by atoms with Crippen LogP contribution in [0, 0.1) is 0 Å². The first-order valence-electron chi connectivity index (χ1n) is 10.5. The molecule has 35 heavy (non-hydrogen) atoms. The number of methoxy groups -OCH3 is 2. The average molecular weight is 511 g/mol. The number of hydrogen-bond acceptors (Lipinski definition) is 6. The first-order valence-corrected chi connectivity index (χ1v) is 10.5. The second-order valence-electron chi connectivity index (χ2n) is 6.94. The van der Waals surface area contributed by atoms with Crippen LogP contribution in [0.1, 0.15) is 11.1 Å². The summed E-state index contributed by atoms with van der Waals surface area (Å²) in [6.07, 6.45) is 3.11. The van der Waals surface area contributed by atoms with Crippen LogP contribution in [0.15, 0.2) is 107 Å². The van der Waals surface area contributed by atoms with Crippen LogP contribution in [0.2, 0.25) is 0 Å². The van der Waals surface area contributed by atoms with Gasteiger partial charge in [-0.15, -0.1) is 0 Å². The predicted octanol–water partition coefficient (Wildman–Crippen LogP) is 5.04. The van der Waals surface area contributed by atoms with Crippen molar-refractivity contribution < 1.29 is 36.5 Å². The van der Waals surface area contributed by atoms with Crippen LogP contribution in [0.3, 0.4) is 0 Å². The third-order valence-electron chi connectivity index (χ3n) is 4.68. The molecule has 4 aromatic rings. The molecule has 7 heteroatoms. The Bertz CT molecular complexity index is 1150. The second kappa shape index (κ2) is 14.2. The molecule has 0 saturated carbocycles. The minimum atomic E-state index is -0.144. The van der Waals surface area contributed by atoms with Crippen molar-refractivity contribution in [1.29, 1.82) is 0 Å². The number of nitrogens with zero attached hydrogens (tertiary/aromatic N) is 2. The maximum atomic E-state index is 11.8. The molecule has 179 valence electrons. The fourth-order valence-electron chi connectivity index (χ4n) is 2.91. The first kappa shape index (κ1) is 27.2. The largest absolute Gasteiger partial charge is 2.00 e. The van der Waals surface area contributed by atoms with E-state index in [-0.39, 0.29) is 28.3 Å². The molecular weight excluding hydrogens is 487 g/mol. The van der Waals surface area contributed by atoms with Crippen molar-refractivity contribution in [3.8, 4) is 23.0 Å². The zero-order valence-corrected chi connectivity index (χ0v) is 20.3. The van der Waals surface area contributed by atoms with Crippen molar-refractivity contribution in [2.24, 2.45) is 9.98 Å². The van der Waals surface area contributed by atoms with Gasteiger partial charge in [0.2, 0.25) is 0 Å². The molecule has 0 saturated heterocycles. The van der Waals surface area contributed by atoms with Crippen LogP contribution < -0.4 is 19.7 Å². The summed E-state index contributed by atoms with van der Waals surface area (Å²) in [4.78, 5) is 8.46. The summed E-state index contributed by atoms with van der Waals surface area (Å²) in [7, 11) is 2.96. The van der Waals surface area contributed by atoms with Gasteiger partial charge in [-0.1, -0.05) is 72.2 Å². The minimum Gasteiger partial charge on any atom is -0.870 e. The number of rotatable bonds is 6. The van der Waals surface area contributed by atoms with E-state index in [1.54, 1.807) is 48.8 Å². The quantitative estimate of drug-likeness (QED) is 0.340. The average Bonchev–Trinajstić information content (AvgIpc) is 2.89. The fraction of sp³-hybridized carbons (Fsp3) is 0.0714. The third kappa shape index (κ3) is 8.03. The van der Waals surface area contributed by atoms with Crippen LogP contribution in [0.4, 0.5) is 11.4 Å². The van der Waals surface area contributed by atoms with E-state index in [4.69, 9.17) is 9.47 Å². The summed E-state index contributed by atoms with van der Waals surface area (Å²) in [6.45, 7) is 0. The predicted molar refractivity (Wildman–Crippen MR) is 132 cm³/mol. The Morgan fingerprint density at radius 3 is 1.26 bits per heavy atom. The fourth-order valence-corrected chi connectivity index (χ4v) is 2.91. The zero-order valence-electron chi connectivity index (χ0n) is 19.3. The molecule has 0 amide bonds. The second-order valence-corrected chi connectivity index (χ2v) is 6.94. The normalized spacial score (nSPS) is 10.3. The Labute approximate surface area is 215 Å². The molecule has 0 N–H and O–H groups in total. The Morgan fingerprint density at radius 2 is 0.914 bits per heavy atom. The Hall–Kier alpha value is -4.07. The van der Waals surface area contributed by atoms with Gasteiger partial charge in [0.25, 0.3) is 0 Å². The van der Waals surface area contributed by atoms with Crippen LogP contribution in [0.25, 0.3) is 0 Å². The van der Waals surface area contributed by atoms with E-state index < -0.39 is 0 Å². The van der Waals surface area contributed by atoms with Gasteiger partial charge in [-0.05, 0) is 47.5 Å². The van der Waals surface area contributed by atoms with Crippen molar-refractivity contribution in [1.82, 2.24) is 0 Å². The van der Waals surface area contributed by atoms with Gasteiger partial charge in [-0.3, -0.25) is 9.98 Å². The van der Waals surface area contributed by atoms with Gasteiger partial charge in [-0.2, -0.15) is 0 Å². The van der Waals surface area contributed by atoms with E-state index in [1.165, 1.54) is 14.2 Å². The van der Waals surface area contributed by atoms with Gasteiger partial charge >= 0.3 is 16.8 Å². The molecule has 0 bridgehead atoms. The standard InChI is InChI=1S/2C14H13NO2.Co/c2*1-17-13-9-5-6-11(14(13)16)10-15-12-7-3-2-4-8-12;/h2*2-10,16H,1H3;/q;;+2/p-2. The molecule has 0 aromatic heterocycles. The van der Waals surface area contributed by atoms with Crippen molar-refractivity contribution >= 4 is 23.8 Å². The molecule has 0 aliphatic carbocycles. The summed E-state index contributed by atoms with van der Waals surface area (Å²) < 4.78 is 9.93. The van der Waals surface area contributed by atoms with Crippen molar-refractivity contribution in [2.75, 3.05) is 14.2 Å². The van der Waals surface area contributed by atoms with Gasteiger partial charge in [0, 0.05) is 12.4 Å². The Balaban J connectivity index is 0.000000240. The number of aliphatic imine (C=N–C) groups is 2. The van der Waals surface area contributed by atoms with E-state index in [0.29, 0.717) is 22.6 Å². The zero-order chi connectivity index (χ0) is 24.2. The van der Waals surface area contributed by atoms with E-state index in [2.05, 4.69) is 9.98 Å². The molecule has 0 heterocycles. The summed E-state index contributed by atoms with van der Waals surface area (Å²) in [5.41, 5.74) is 2.67. The van der Waals surface area contributed by atoms with Gasteiger partial charge in [0.05, 0.1) is 25.6 Å². The van der Waals surface area contributed by atoms with E-state index >= 15 is 0 Å². The van der Waals surface area contributed by atoms with Crippen LogP contribution in [-0.4, -0.2) is 26.6 Å². The monoisotopic (exact) mass is 511 g/mol. The Kier molecular flexibility index (Phi) is 11.1. The molecule has 0 aliphatic rings.